The molecule has 1 atom stereocenters. The van der Waals surface area contributed by atoms with Gasteiger partial charge in [-0.3, -0.25) is 9.69 Å². The van der Waals surface area contributed by atoms with E-state index in [0.29, 0.717) is 17.1 Å². The number of thiophene rings is 2. The standard InChI is InChI=1S/C17H19N3O2S2/c18-9-13-5-8-24-17(13)19-16(21)12-20(10-14-3-1-6-22-14)11-15-4-2-7-23-15/h2,4-5,7-8,14H,1,3,6,10-12H2,(H,19,21)/t14-/m1/s1. The van der Waals surface area contributed by atoms with Gasteiger partial charge in [0.05, 0.1) is 18.2 Å². The summed E-state index contributed by atoms with van der Waals surface area (Å²) in [5, 5.41) is 16.4. The van der Waals surface area contributed by atoms with Gasteiger partial charge in [0.25, 0.3) is 0 Å². The van der Waals surface area contributed by atoms with Crippen LogP contribution in [0.3, 0.4) is 0 Å². The lowest BCUT2D eigenvalue weighted by Crippen LogP contribution is -2.37. The molecule has 2 aromatic rings. The number of anilines is 1. The minimum atomic E-state index is -0.0940. The van der Waals surface area contributed by atoms with Gasteiger partial charge in [-0.05, 0) is 35.7 Å². The molecule has 3 rings (SSSR count). The second kappa shape index (κ2) is 8.40. The predicted octanol–water partition coefficient (Wildman–Crippen LogP) is 3.30. The van der Waals surface area contributed by atoms with Gasteiger partial charge in [0.15, 0.2) is 0 Å². The molecule has 0 saturated carbocycles. The molecule has 0 radical (unpaired) electrons. The van der Waals surface area contributed by atoms with Crippen molar-refractivity contribution in [2.24, 2.45) is 0 Å². The largest absolute Gasteiger partial charge is 0.377 e. The fourth-order valence-electron chi connectivity index (χ4n) is 2.75. The topological polar surface area (TPSA) is 65.4 Å². The fraction of sp³-hybridized carbons (Fsp3) is 0.412. The number of ether oxygens (including phenoxy) is 1. The van der Waals surface area contributed by atoms with Crippen LogP contribution in [0.5, 0.6) is 0 Å². The van der Waals surface area contributed by atoms with Crippen molar-refractivity contribution >= 4 is 33.6 Å². The van der Waals surface area contributed by atoms with Crippen LogP contribution in [0.4, 0.5) is 5.00 Å². The van der Waals surface area contributed by atoms with Crippen LogP contribution in [0.25, 0.3) is 0 Å². The molecule has 126 valence electrons. The van der Waals surface area contributed by atoms with Crippen molar-refractivity contribution < 1.29 is 9.53 Å². The van der Waals surface area contributed by atoms with Crippen molar-refractivity contribution in [2.45, 2.75) is 25.5 Å². The Kier molecular flexibility index (Phi) is 5.99. The molecule has 0 aromatic carbocycles. The Balaban J connectivity index is 1.61. The summed E-state index contributed by atoms with van der Waals surface area (Å²) in [6, 6.07) is 7.92. The normalized spacial score (nSPS) is 17.1. The zero-order valence-electron chi connectivity index (χ0n) is 13.2. The molecule has 1 aliphatic heterocycles. The first-order chi connectivity index (χ1) is 11.7. The second-order valence-corrected chi connectivity index (χ2v) is 7.66. The van der Waals surface area contributed by atoms with Crippen molar-refractivity contribution in [1.82, 2.24) is 4.90 Å². The monoisotopic (exact) mass is 361 g/mol. The number of nitriles is 1. The Hall–Kier alpha value is -1.72. The molecular formula is C17H19N3O2S2. The number of nitrogens with zero attached hydrogens (tertiary/aromatic N) is 2. The lowest BCUT2D eigenvalue weighted by atomic mass is 10.2. The second-order valence-electron chi connectivity index (χ2n) is 5.71. The van der Waals surface area contributed by atoms with Crippen molar-refractivity contribution in [1.29, 1.82) is 5.26 Å². The van der Waals surface area contributed by atoms with E-state index in [1.54, 1.807) is 17.4 Å². The van der Waals surface area contributed by atoms with Crippen molar-refractivity contribution in [3.05, 3.63) is 39.4 Å². The Morgan fingerprint density at radius 1 is 1.42 bits per heavy atom. The number of carbonyl (C=O) groups is 1. The zero-order chi connectivity index (χ0) is 16.8. The molecule has 24 heavy (non-hydrogen) atoms. The summed E-state index contributed by atoms with van der Waals surface area (Å²) >= 11 is 3.06. The summed E-state index contributed by atoms with van der Waals surface area (Å²) in [6.45, 7) is 2.59. The molecule has 0 aliphatic carbocycles. The molecule has 1 aliphatic rings. The zero-order valence-corrected chi connectivity index (χ0v) is 14.9. The number of carbonyl (C=O) groups excluding carboxylic acids is 1. The fourth-order valence-corrected chi connectivity index (χ4v) is 4.25. The molecule has 3 heterocycles. The predicted molar refractivity (Wildman–Crippen MR) is 96.2 cm³/mol. The molecular weight excluding hydrogens is 342 g/mol. The maximum Gasteiger partial charge on any atom is 0.239 e. The quantitative estimate of drug-likeness (QED) is 0.822. The number of hydrogen-bond donors (Lipinski definition) is 1. The Labute approximate surface area is 149 Å². The highest BCUT2D eigenvalue weighted by Crippen LogP contribution is 2.22. The van der Waals surface area contributed by atoms with E-state index in [1.165, 1.54) is 16.2 Å². The third kappa shape index (κ3) is 4.65. The first kappa shape index (κ1) is 17.1. The molecule has 5 nitrogen and oxygen atoms in total. The highest BCUT2D eigenvalue weighted by Gasteiger charge is 2.21. The number of hydrogen-bond acceptors (Lipinski definition) is 6. The van der Waals surface area contributed by atoms with Gasteiger partial charge in [-0.2, -0.15) is 5.26 Å². The van der Waals surface area contributed by atoms with Gasteiger partial charge in [0.1, 0.15) is 11.1 Å². The Bertz CT molecular complexity index is 700. The first-order valence-corrected chi connectivity index (χ1v) is 9.64. The van der Waals surface area contributed by atoms with Gasteiger partial charge >= 0.3 is 0 Å². The van der Waals surface area contributed by atoms with Crippen LogP contribution in [0.1, 0.15) is 23.3 Å². The molecule has 1 fully saturated rings. The van der Waals surface area contributed by atoms with Gasteiger partial charge in [-0.25, -0.2) is 0 Å². The first-order valence-electron chi connectivity index (χ1n) is 7.88. The minimum absolute atomic E-state index is 0.0940. The number of nitrogens with one attached hydrogen (secondary N) is 1. The minimum Gasteiger partial charge on any atom is -0.377 e. The third-order valence-electron chi connectivity index (χ3n) is 3.85. The maximum atomic E-state index is 12.4. The summed E-state index contributed by atoms with van der Waals surface area (Å²) in [7, 11) is 0. The van der Waals surface area contributed by atoms with Crippen LogP contribution in [-0.2, 0) is 16.1 Å². The average molecular weight is 361 g/mol. The maximum absolute atomic E-state index is 12.4. The Morgan fingerprint density at radius 2 is 2.33 bits per heavy atom. The molecule has 1 N–H and O–H groups in total. The molecule has 7 heteroatoms. The lowest BCUT2D eigenvalue weighted by molar-refractivity contribution is -0.117. The summed E-state index contributed by atoms with van der Waals surface area (Å²) in [6.07, 6.45) is 2.34. The molecule has 0 spiro atoms. The van der Waals surface area contributed by atoms with Gasteiger partial charge in [-0.1, -0.05) is 6.07 Å². The smallest absolute Gasteiger partial charge is 0.239 e. The van der Waals surface area contributed by atoms with E-state index in [2.05, 4.69) is 22.4 Å². The van der Waals surface area contributed by atoms with Crippen molar-refractivity contribution in [2.75, 3.05) is 25.0 Å². The highest BCUT2D eigenvalue weighted by atomic mass is 32.1. The van der Waals surface area contributed by atoms with E-state index in [9.17, 15) is 4.79 Å². The third-order valence-corrected chi connectivity index (χ3v) is 5.54. The van der Waals surface area contributed by atoms with Gasteiger partial charge in [0.2, 0.25) is 5.91 Å². The number of rotatable bonds is 7. The SMILES string of the molecule is N#Cc1ccsc1NC(=O)CN(Cc1cccs1)C[C@H]1CCCO1. The summed E-state index contributed by atoms with van der Waals surface area (Å²) in [4.78, 5) is 15.8. The van der Waals surface area contributed by atoms with Gasteiger partial charge < -0.3 is 10.1 Å². The molecule has 1 amide bonds. The van der Waals surface area contributed by atoms with E-state index in [4.69, 9.17) is 10.00 Å². The van der Waals surface area contributed by atoms with Crippen LogP contribution < -0.4 is 5.32 Å². The van der Waals surface area contributed by atoms with Crippen LogP contribution in [-0.4, -0.2) is 36.6 Å². The summed E-state index contributed by atoms with van der Waals surface area (Å²) < 4.78 is 5.72. The molecule has 0 bridgehead atoms. The highest BCUT2D eigenvalue weighted by molar-refractivity contribution is 7.14. The lowest BCUT2D eigenvalue weighted by Gasteiger charge is -2.24. The van der Waals surface area contributed by atoms with Crippen LogP contribution >= 0.6 is 22.7 Å². The van der Waals surface area contributed by atoms with Crippen LogP contribution in [0.2, 0.25) is 0 Å². The van der Waals surface area contributed by atoms with Crippen LogP contribution in [0, 0.1) is 11.3 Å². The van der Waals surface area contributed by atoms with Crippen molar-refractivity contribution in [3.8, 4) is 6.07 Å². The summed E-state index contributed by atoms with van der Waals surface area (Å²) in [5.74, 6) is -0.0940. The van der Waals surface area contributed by atoms with Gasteiger partial charge in [0, 0.05) is 24.6 Å². The molecule has 0 unspecified atom stereocenters. The van der Waals surface area contributed by atoms with E-state index >= 15 is 0 Å². The van der Waals surface area contributed by atoms with Gasteiger partial charge in [-0.15, -0.1) is 22.7 Å². The summed E-state index contributed by atoms with van der Waals surface area (Å²) in [5.41, 5.74) is 0.511. The van der Waals surface area contributed by atoms with Crippen LogP contribution in [0.15, 0.2) is 29.0 Å². The number of amides is 1. The van der Waals surface area contributed by atoms with Crippen molar-refractivity contribution in [3.63, 3.8) is 0 Å². The molecule has 1 saturated heterocycles. The average Bonchev–Trinajstić information content (AvgIpc) is 3.29. The Morgan fingerprint density at radius 3 is 3.04 bits per heavy atom. The van der Waals surface area contributed by atoms with E-state index in [1.807, 2.05) is 16.8 Å². The van der Waals surface area contributed by atoms with E-state index in [0.717, 1.165) is 32.5 Å². The van der Waals surface area contributed by atoms with E-state index in [-0.39, 0.29) is 12.0 Å². The van der Waals surface area contributed by atoms with E-state index < -0.39 is 0 Å². The molecule has 2 aromatic heterocycles.